The second-order valence-corrected chi connectivity index (χ2v) is 3.90. The fourth-order valence-corrected chi connectivity index (χ4v) is 2.03. The molecule has 0 saturated heterocycles. The molecule has 1 saturated carbocycles. The molecule has 0 amide bonds. The maximum Gasteiger partial charge on any atom is 0.240 e. The van der Waals surface area contributed by atoms with Crippen LogP contribution in [-0.4, -0.2) is 20.9 Å². The first-order chi connectivity index (χ1) is 6.68. The lowest BCUT2D eigenvalue weighted by atomic mass is 10.00. The number of nitrogens with two attached hydrogens (primary N) is 3. The molecule has 0 unspecified atom stereocenters. The van der Waals surface area contributed by atoms with E-state index in [4.69, 9.17) is 17.3 Å². The lowest BCUT2D eigenvalue weighted by Gasteiger charge is -2.13. The van der Waals surface area contributed by atoms with E-state index in [9.17, 15) is 0 Å². The number of anilines is 1. The van der Waals surface area contributed by atoms with Gasteiger partial charge in [-0.1, -0.05) is 6.42 Å². The number of hydrogen-bond donors (Lipinski definition) is 3. The third kappa shape index (κ3) is 1.52. The third-order valence-electron chi connectivity index (χ3n) is 2.96. The zero-order valence-corrected chi connectivity index (χ0v) is 8.06. The minimum absolute atomic E-state index is 0.256. The van der Waals surface area contributed by atoms with Crippen LogP contribution in [0.4, 0.5) is 5.95 Å². The molecule has 0 bridgehead atoms. The summed E-state index contributed by atoms with van der Waals surface area (Å²) in [5.41, 5.74) is 11.4. The van der Waals surface area contributed by atoms with Crippen molar-refractivity contribution in [3.8, 4) is 0 Å². The number of rotatable bonds is 2. The van der Waals surface area contributed by atoms with Gasteiger partial charge in [-0.2, -0.15) is 0 Å². The second kappa shape index (κ2) is 3.45. The molecule has 6 nitrogen and oxygen atoms in total. The average molecular weight is 196 g/mol. The van der Waals surface area contributed by atoms with Gasteiger partial charge in [-0.3, -0.25) is 0 Å². The van der Waals surface area contributed by atoms with Gasteiger partial charge in [0.05, 0.1) is 0 Å². The maximum absolute atomic E-state index is 5.95. The van der Waals surface area contributed by atoms with Crippen molar-refractivity contribution in [1.82, 2.24) is 14.9 Å². The topological polar surface area (TPSA) is 109 Å². The predicted molar refractivity (Wildman–Crippen MR) is 53.6 cm³/mol. The number of nitrogen functional groups attached to an aromatic ring is 2. The van der Waals surface area contributed by atoms with E-state index in [1.54, 1.807) is 0 Å². The Hall–Kier alpha value is -1.30. The van der Waals surface area contributed by atoms with Crippen molar-refractivity contribution in [3.05, 3.63) is 5.82 Å². The van der Waals surface area contributed by atoms with Gasteiger partial charge in [0.2, 0.25) is 5.95 Å². The van der Waals surface area contributed by atoms with Crippen molar-refractivity contribution >= 4 is 5.95 Å². The van der Waals surface area contributed by atoms with Crippen molar-refractivity contribution in [1.29, 1.82) is 0 Å². The van der Waals surface area contributed by atoms with Gasteiger partial charge in [0.25, 0.3) is 0 Å². The number of hydrogen-bond acceptors (Lipinski definition) is 5. The van der Waals surface area contributed by atoms with Crippen LogP contribution in [-0.2, 0) is 6.42 Å². The molecule has 78 valence electrons. The molecule has 2 atom stereocenters. The Morgan fingerprint density at radius 2 is 2.14 bits per heavy atom. The van der Waals surface area contributed by atoms with E-state index < -0.39 is 0 Å². The number of aromatic nitrogens is 3. The van der Waals surface area contributed by atoms with Crippen LogP contribution in [0.1, 0.15) is 25.1 Å². The molecule has 1 aliphatic carbocycles. The fraction of sp³-hybridized carbons (Fsp3) is 0.750. The summed E-state index contributed by atoms with van der Waals surface area (Å²) in [7, 11) is 0. The van der Waals surface area contributed by atoms with E-state index in [0.717, 1.165) is 25.1 Å². The fourth-order valence-electron chi connectivity index (χ4n) is 2.03. The highest BCUT2D eigenvalue weighted by Gasteiger charge is 2.25. The van der Waals surface area contributed by atoms with Gasteiger partial charge < -0.3 is 17.3 Å². The molecule has 1 fully saturated rings. The summed E-state index contributed by atoms with van der Waals surface area (Å²) in [6.07, 6.45) is 4.22. The lowest BCUT2D eigenvalue weighted by Crippen LogP contribution is -2.28. The molecule has 14 heavy (non-hydrogen) atoms. The van der Waals surface area contributed by atoms with Gasteiger partial charge >= 0.3 is 0 Å². The molecule has 1 heterocycles. The highest BCUT2D eigenvalue weighted by molar-refractivity contribution is 5.17. The molecule has 0 aromatic carbocycles. The first-order valence-electron chi connectivity index (χ1n) is 4.89. The first kappa shape index (κ1) is 9.26. The van der Waals surface area contributed by atoms with E-state index in [-0.39, 0.29) is 12.0 Å². The summed E-state index contributed by atoms with van der Waals surface area (Å²) in [6.45, 7) is 0. The van der Waals surface area contributed by atoms with Crippen molar-refractivity contribution in [2.75, 3.05) is 11.6 Å². The monoisotopic (exact) mass is 196 g/mol. The molecular formula is C8H16N6. The minimum atomic E-state index is 0.256. The molecule has 0 aliphatic heterocycles. The van der Waals surface area contributed by atoms with E-state index >= 15 is 0 Å². The maximum atomic E-state index is 5.95. The highest BCUT2D eigenvalue weighted by Crippen LogP contribution is 2.26. The average Bonchev–Trinajstić information content (AvgIpc) is 2.68. The Balaban J connectivity index is 2.07. The van der Waals surface area contributed by atoms with Gasteiger partial charge in [-0.05, 0) is 18.8 Å². The highest BCUT2D eigenvalue weighted by atomic mass is 15.4. The lowest BCUT2D eigenvalue weighted by molar-refractivity contribution is 0.463. The predicted octanol–water partition coefficient (Wildman–Crippen LogP) is -0.756. The SMILES string of the molecule is Nc1nnc(C[C@@H]2CCC[C@H]2N)n1N. The van der Waals surface area contributed by atoms with E-state index in [1.165, 1.54) is 11.1 Å². The molecule has 2 rings (SSSR count). The molecule has 1 aromatic rings. The molecule has 6 N–H and O–H groups in total. The van der Waals surface area contributed by atoms with Crippen LogP contribution in [0, 0.1) is 5.92 Å². The van der Waals surface area contributed by atoms with Crippen LogP contribution in [0.25, 0.3) is 0 Å². The first-order valence-corrected chi connectivity index (χ1v) is 4.89. The second-order valence-electron chi connectivity index (χ2n) is 3.90. The summed E-state index contributed by atoms with van der Waals surface area (Å²) in [5.74, 6) is 7.11. The zero-order valence-electron chi connectivity index (χ0n) is 8.06. The minimum Gasteiger partial charge on any atom is -0.366 e. The molecule has 1 aliphatic rings. The van der Waals surface area contributed by atoms with Gasteiger partial charge in [-0.25, -0.2) is 4.68 Å². The van der Waals surface area contributed by atoms with Crippen molar-refractivity contribution < 1.29 is 0 Å². The van der Waals surface area contributed by atoms with Crippen LogP contribution in [0.3, 0.4) is 0 Å². The van der Waals surface area contributed by atoms with Gasteiger partial charge in [0.1, 0.15) is 0 Å². The molecule has 0 spiro atoms. The van der Waals surface area contributed by atoms with E-state index in [2.05, 4.69) is 10.2 Å². The number of nitrogens with zero attached hydrogens (tertiary/aromatic N) is 3. The summed E-state index contributed by atoms with van der Waals surface area (Å²) < 4.78 is 1.34. The Morgan fingerprint density at radius 1 is 1.36 bits per heavy atom. The van der Waals surface area contributed by atoms with Crippen LogP contribution in [0.15, 0.2) is 0 Å². The van der Waals surface area contributed by atoms with Crippen molar-refractivity contribution in [2.45, 2.75) is 31.7 Å². The van der Waals surface area contributed by atoms with Crippen LogP contribution in [0.5, 0.6) is 0 Å². The standard InChI is InChI=1S/C8H16N6/c9-6-3-1-2-5(6)4-7-12-13-8(10)14(7)11/h5-6H,1-4,9,11H2,(H2,10,13)/t5-,6+/m0/s1. The van der Waals surface area contributed by atoms with Crippen LogP contribution < -0.4 is 17.3 Å². The summed E-state index contributed by atoms with van der Waals surface area (Å²) >= 11 is 0. The zero-order chi connectivity index (χ0) is 10.1. The Morgan fingerprint density at radius 3 is 2.64 bits per heavy atom. The van der Waals surface area contributed by atoms with Gasteiger partial charge in [0, 0.05) is 12.5 Å². The van der Waals surface area contributed by atoms with Gasteiger partial charge in [-0.15, -0.1) is 10.2 Å². The van der Waals surface area contributed by atoms with E-state index in [1.807, 2.05) is 0 Å². The summed E-state index contributed by atoms with van der Waals surface area (Å²) in [5, 5.41) is 7.63. The Kier molecular flexibility index (Phi) is 2.28. The van der Waals surface area contributed by atoms with Crippen LogP contribution >= 0.6 is 0 Å². The summed E-state index contributed by atoms with van der Waals surface area (Å²) in [4.78, 5) is 0. The molecule has 0 radical (unpaired) electrons. The van der Waals surface area contributed by atoms with E-state index in [0.29, 0.717) is 5.92 Å². The smallest absolute Gasteiger partial charge is 0.240 e. The normalized spacial score (nSPS) is 26.9. The molecular weight excluding hydrogens is 180 g/mol. The van der Waals surface area contributed by atoms with Crippen molar-refractivity contribution in [3.63, 3.8) is 0 Å². The largest absolute Gasteiger partial charge is 0.366 e. The Bertz CT molecular complexity index is 320. The summed E-state index contributed by atoms with van der Waals surface area (Å²) in [6, 6.07) is 0.271. The third-order valence-corrected chi connectivity index (χ3v) is 2.96. The quantitative estimate of drug-likeness (QED) is 0.539. The Labute approximate surface area is 82.4 Å². The van der Waals surface area contributed by atoms with Crippen molar-refractivity contribution in [2.24, 2.45) is 11.7 Å². The van der Waals surface area contributed by atoms with Crippen LogP contribution in [0.2, 0.25) is 0 Å². The molecule has 6 heteroatoms. The van der Waals surface area contributed by atoms with Gasteiger partial charge in [0.15, 0.2) is 5.82 Å². The molecule has 1 aromatic heterocycles.